The lowest BCUT2D eigenvalue weighted by Gasteiger charge is -2.42. The number of carbonyl (C=O) groups excluding carboxylic acids is 1. The van der Waals surface area contributed by atoms with E-state index in [1.165, 1.54) is 0 Å². The van der Waals surface area contributed by atoms with Crippen molar-refractivity contribution in [3.05, 3.63) is 0 Å². The SMILES string of the molecule is CC1(C)CCCNC1C(=O)N1CCN(CC(=O)O)CC1. The molecule has 0 radical (unpaired) electrons. The van der Waals surface area contributed by atoms with Crippen molar-refractivity contribution in [3.63, 3.8) is 0 Å². The number of hydrogen-bond donors (Lipinski definition) is 2. The molecule has 1 amide bonds. The smallest absolute Gasteiger partial charge is 0.317 e. The molecule has 2 saturated heterocycles. The maximum Gasteiger partial charge on any atom is 0.317 e. The molecule has 0 spiro atoms. The highest BCUT2D eigenvalue weighted by Gasteiger charge is 2.39. The van der Waals surface area contributed by atoms with Gasteiger partial charge in [0.15, 0.2) is 0 Å². The Labute approximate surface area is 120 Å². The minimum absolute atomic E-state index is 0.00642. The summed E-state index contributed by atoms with van der Waals surface area (Å²) in [6.07, 6.45) is 2.18. The Morgan fingerprint density at radius 2 is 1.90 bits per heavy atom. The van der Waals surface area contributed by atoms with Crippen molar-refractivity contribution in [1.82, 2.24) is 15.1 Å². The summed E-state index contributed by atoms with van der Waals surface area (Å²) in [6, 6.07) is -0.109. The fourth-order valence-corrected chi connectivity index (χ4v) is 3.13. The first kappa shape index (κ1) is 15.3. The van der Waals surface area contributed by atoms with E-state index >= 15 is 0 Å². The van der Waals surface area contributed by atoms with Crippen molar-refractivity contribution in [2.75, 3.05) is 39.3 Å². The van der Waals surface area contributed by atoms with Crippen molar-refractivity contribution >= 4 is 11.9 Å². The number of hydrogen-bond acceptors (Lipinski definition) is 4. The van der Waals surface area contributed by atoms with Gasteiger partial charge >= 0.3 is 5.97 Å². The third-order valence-corrected chi connectivity index (χ3v) is 4.42. The van der Waals surface area contributed by atoms with Crippen LogP contribution in [0.2, 0.25) is 0 Å². The average Bonchev–Trinajstić information content (AvgIpc) is 2.37. The van der Waals surface area contributed by atoms with Gasteiger partial charge in [0, 0.05) is 26.2 Å². The molecular formula is C14H25N3O3. The van der Waals surface area contributed by atoms with Gasteiger partial charge in [0.05, 0.1) is 12.6 Å². The zero-order chi connectivity index (χ0) is 14.8. The molecular weight excluding hydrogens is 258 g/mol. The van der Waals surface area contributed by atoms with E-state index in [0.717, 1.165) is 19.4 Å². The van der Waals surface area contributed by atoms with Crippen LogP contribution >= 0.6 is 0 Å². The molecule has 20 heavy (non-hydrogen) atoms. The third kappa shape index (κ3) is 3.49. The van der Waals surface area contributed by atoms with Crippen LogP contribution in [0.1, 0.15) is 26.7 Å². The molecule has 2 rings (SSSR count). The first-order valence-corrected chi connectivity index (χ1v) is 7.36. The van der Waals surface area contributed by atoms with Gasteiger partial charge in [0.25, 0.3) is 0 Å². The minimum Gasteiger partial charge on any atom is -0.480 e. The molecule has 0 aliphatic carbocycles. The third-order valence-electron chi connectivity index (χ3n) is 4.42. The van der Waals surface area contributed by atoms with Crippen molar-refractivity contribution in [2.45, 2.75) is 32.7 Å². The quantitative estimate of drug-likeness (QED) is 0.762. The molecule has 2 N–H and O–H groups in total. The predicted molar refractivity (Wildman–Crippen MR) is 75.5 cm³/mol. The summed E-state index contributed by atoms with van der Waals surface area (Å²) >= 11 is 0. The minimum atomic E-state index is -0.806. The highest BCUT2D eigenvalue weighted by Crippen LogP contribution is 2.31. The molecule has 2 aliphatic heterocycles. The van der Waals surface area contributed by atoms with Crippen LogP contribution in [-0.2, 0) is 9.59 Å². The van der Waals surface area contributed by atoms with E-state index in [2.05, 4.69) is 19.2 Å². The van der Waals surface area contributed by atoms with Gasteiger partial charge in [-0.3, -0.25) is 14.5 Å². The molecule has 0 aromatic heterocycles. The van der Waals surface area contributed by atoms with E-state index in [1.807, 2.05) is 9.80 Å². The number of carbonyl (C=O) groups is 2. The number of nitrogens with one attached hydrogen (secondary N) is 1. The van der Waals surface area contributed by atoms with Crippen LogP contribution in [0.15, 0.2) is 0 Å². The maximum atomic E-state index is 12.6. The van der Waals surface area contributed by atoms with Gasteiger partial charge in [-0.05, 0) is 24.8 Å². The molecule has 1 atom stereocenters. The number of nitrogens with zero attached hydrogens (tertiary/aromatic N) is 2. The number of aliphatic carboxylic acids is 1. The molecule has 0 saturated carbocycles. The summed E-state index contributed by atoms with van der Waals surface area (Å²) in [4.78, 5) is 27.1. The molecule has 6 nitrogen and oxygen atoms in total. The highest BCUT2D eigenvalue weighted by atomic mass is 16.4. The number of carboxylic acid groups (broad SMARTS) is 1. The molecule has 2 heterocycles. The van der Waals surface area contributed by atoms with Crippen molar-refractivity contribution < 1.29 is 14.7 Å². The Balaban J connectivity index is 1.89. The standard InChI is InChI=1S/C14H25N3O3/c1-14(2)4-3-5-15-12(14)13(20)17-8-6-16(7-9-17)10-11(18)19/h12,15H,3-10H2,1-2H3,(H,18,19). The Bertz CT molecular complexity index is 376. The highest BCUT2D eigenvalue weighted by molar-refractivity contribution is 5.83. The van der Waals surface area contributed by atoms with E-state index in [-0.39, 0.29) is 23.9 Å². The monoisotopic (exact) mass is 283 g/mol. The zero-order valence-electron chi connectivity index (χ0n) is 12.4. The zero-order valence-corrected chi connectivity index (χ0v) is 12.4. The lowest BCUT2D eigenvalue weighted by Crippen LogP contribution is -2.60. The van der Waals surface area contributed by atoms with Crippen LogP contribution in [0.3, 0.4) is 0 Å². The summed E-state index contributed by atoms with van der Waals surface area (Å²) in [5.41, 5.74) is -0.00642. The topological polar surface area (TPSA) is 72.9 Å². The van der Waals surface area contributed by atoms with Gasteiger partial charge in [-0.15, -0.1) is 0 Å². The van der Waals surface area contributed by atoms with Gasteiger partial charge in [0.1, 0.15) is 0 Å². The van der Waals surface area contributed by atoms with Crippen LogP contribution < -0.4 is 5.32 Å². The molecule has 1 unspecified atom stereocenters. The summed E-state index contributed by atoms with van der Waals surface area (Å²) in [6.45, 7) is 7.79. The summed E-state index contributed by atoms with van der Waals surface area (Å²) in [5.74, 6) is -0.635. The van der Waals surface area contributed by atoms with E-state index in [1.54, 1.807) is 0 Å². The van der Waals surface area contributed by atoms with Crippen molar-refractivity contribution in [2.24, 2.45) is 5.41 Å². The molecule has 0 bridgehead atoms. The molecule has 6 heteroatoms. The van der Waals surface area contributed by atoms with Crippen LogP contribution in [0, 0.1) is 5.41 Å². The van der Waals surface area contributed by atoms with Crippen LogP contribution in [0.4, 0.5) is 0 Å². The van der Waals surface area contributed by atoms with E-state index in [9.17, 15) is 9.59 Å². The Morgan fingerprint density at radius 1 is 1.25 bits per heavy atom. The van der Waals surface area contributed by atoms with Gasteiger partial charge in [0.2, 0.25) is 5.91 Å². The molecule has 114 valence electrons. The Morgan fingerprint density at radius 3 is 2.45 bits per heavy atom. The van der Waals surface area contributed by atoms with Crippen LogP contribution in [-0.4, -0.2) is 72.1 Å². The fourth-order valence-electron chi connectivity index (χ4n) is 3.13. The Hall–Kier alpha value is -1.14. The van der Waals surface area contributed by atoms with Crippen LogP contribution in [0.5, 0.6) is 0 Å². The lowest BCUT2D eigenvalue weighted by molar-refractivity contribution is -0.141. The average molecular weight is 283 g/mol. The van der Waals surface area contributed by atoms with Gasteiger partial charge in [-0.1, -0.05) is 13.8 Å². The number of piperazine rings is 1. The second-order valence-corrected chi connectivity index (χ2v) is 6.47. The molecule has 2 fully saturated rings. The maximum absolute atomic E-state index is 12.6. The largest absolute Gasteiger partial charge is 0.480 e. The first-order valence-electron chi connectivity index (χ1n) is 7.36. The second-order valence-electron chi connectivity index (χ2n) is 6.47. The van der Waals surface area contributed by atoms with Gasteiger partial charge in [-0.2, -0.15) is 0 Å². The predicted octanol–water partition coefficient (Wildman–Crippen LogP) is -0.00660. The number of carboxylic acids is 1. The normalized spacial score (nSPS) is 27.3. The summed E-state index contributed by atoms with van der Waals surface area (Å²) in [5, 5.41) is 12.1. The number of piperidine rings is 1. The summed E-state index contributed by atoms with van der Waals surface area (Å²) in [7, 11) is 0. The molecule has 2 aliphatic rings. The van der Waals surface area contributed by atoms with Gasteiger partial charge in [-0.25, -0.2) is 0 Å². The van der Waals surface area contributed by atoms with E-state index in [4.69, 9.17) is 5.11 Å². The van der Waals surface area contributed by atoms with Crippen molar-refractivity contribution in [3.8, 4) is 0 Å². The van der Waals surface area contributed by atoms with E-state index in [0.29, 0.717) is 26.2 Å². The van der Waals surface area contributed by atoms with Gasteiger partial charge < -0.3 is 15.3 Å². The fraction of sp³-hybridized carbons (Fsp3) is 0.857. The van der Waals surface area contributed by atoms with Crippen molar-refractivity contribution in [1.29, 1.82) is 0 Å². The summed E-state index contributed by atoms with van der Waals surface area (Å²) < 4.78 is 0. The molecule has 0 aromatic carbocycles. The lowest BCUT2D eigenvalue weighted by atomic mass is 9.77. The number of rotatable bonds is 3. The van der Waals surface area contributed by atoms with Crippen LogP contribution in [0.25, 0.3) is 0 Å². The Kier molecular flexibility index (Phi) is 4.65. The second kappa shape index (κ2) is 6.10. The first-order chi connectivity index (χ1) is 9.40. The molecule has 0 aromatic rings. The van der Waals surface area contributed by atoms with E-state index < -0.39 is 5.97 Å². The number of amides is 1.